The third-order valence-electron chi connectivity index (χ3n) is 3.49. The Balaban J connectivity index is 1.91. The molecule has 0 bridgehead atoms. The summed E-state index contributed by atoms with van der Waals surface area (Å²) in [5.41, 5.74) is 1.84. The molecule has 2 rings (SSSR count). The van der Waals surface area contributed by atoms with Gasteiger partial charge in [0.1, 0.15) is 0 Å². The van der Waals surface area contributed by atoms with Crippen LogP contribution in [0.25, 0.3) is 0 Å². The summed E-state index contributed by atoms with van der Waals surface area (Å²) >= 11 is 2.23. The first-order valence-corrected chi connectivity index (χ1v) is 8.05. The second-order valence-corrected chi connectivity index (χ2v) is 6.60. The normalized spacial score (nSPS) is 14.2. The summed E-state index contributed by atoms with van der Waals surface area (Å²) in [6, 6.07) is 6.23. The Labute approximate surface area is 137 Å². The molecule has 0 unspecified atom stereocenters. The smallest absolute Gasteiger partial charge is 0.304 e. The molecule has 1 aliphatic carbocycles. The van der Waals surface area contributed by atoms with Crippen molar-refractivity contribution >= 4 is 40.2 Å². The number of carboxylic acids is 1. The highest BCUT2D eigenvalue weighted by Gasteiger charge is 2.30. The zero-order valence-corrected chi connectivity index (χ0v) is 14.1. The van der Waals surface area contributed by atoms with Crippen LogP contribution in [0.5, 0.6) is 0 Å². The first-order chi connectivity index (χ1) is 9.95. The summed E-state index contributed by atoms with van der Waals surface area (Å²) in [6.07, 6.45) is 2.18. The molecule has 1 aliphatic rings. The lowest BCUT2D eigenvalue weighted by Gasteiger charge is -2.20. The van der Waals surface area contributed by atoms with Crippen molar-refractivity contribution in [2.45, 2.75) is 32.2 Å². The van der Waals surface area contributed by atoms with Crippen LogP contribution in [0.1, 0.15) is 24.8 Å². The number of anilines is 1. The maximum absolute atomic E-state index is 12.1. The number of hydrogen-bond acceptors (Lipinski definition) is 3. The van der Waals surface area contributed by atoms with Crippen molar-refractivity contribution in [2.24, 2.45) is 0 Å². The molecule has 2 N–H and O–H groups in total. The van der Waals surface area contributed by atoms with Crippen LogP contribution in [-0.2, 0) is 9.59 Å². The number of carboxylic acid groups (broad SMARTS) is 1. The highest BCUT2D eigenvalue weighted by atomic mass is 127. The highest BCUT2D eigenvalue weighted by Crippen LogP contribution is 2.27. The number of halogens is 1. The van der Waals surface area contributed by atoms with Crippen LogP contribution in [0.4, 0.5) is 5.69 Å². The lowest BCUT2D eigenvalue weighted by atomic mass is 10.2. The van der Waals surface area contributed by atoms with Crippen molar-refractivity contribution in [2.75, 3.05) is 18.4 Å². The second-order valence-electron chi connectivity index (χ2n) is 5.35. The fourth-order valence-corrected chi connectivity index (χ4v) is 2.86. The maximum Gasteiger partial charge on any atom is 0.304 e. The molecule has 1 aromatic carbocycles. The number of rotatable bonds is 7. The van der Waals surface area contributed by atoms with Gasteiger partial charge in [-0.1, -0.05) is 0 Å². The van der Waals surface area contributed by atoms with Gasteiger partial charge in [0, 0.05) is 21.8 Å². The van der Waals surface area contributed by atoms with Crippen molar-refractivity contribution in [3.8, 4) is 0 Å². The SMILES string of the molecule is Cc1cc(I)ccc1NC(=O)CN(CCC(=O)O)C1CC1. The topological polar surface area (TPSA) is 69.6 Å². The average molecular weight is 402 g/mol. The minimum absolute atomic E-state index is 0.0757. The van der Waals surface area contributed by atoms with Crippen LogP contribution < -0.4 is 5.32 Å². The van der Waals surface area contributed by atoms with Crippen molar-refractivity contribution < 1.29 is 14.7 Å². The fourth-order valence-electron chi connectivity index (χ4n) is 2.21. The molecule has 0 heterocycles. The minimum Gasteiger partial charge on any atom is -0.481 e. The van der Waals surface area contributed by atoms with Crippen LogP contribution in [0, 0.1) is 10.5 Å². The Bertz CT molecular complexity index is 544. The largest absolute Gasteiger partial charge is 0.481 e. The summed E-state index contributed by atoms with van der Waals surface area (Å²) < 4.78 is 1.13. The van der Waals surface area contributed by atoms with E-state index in [4.69, 9.17) is 5.11 Å². The number of carbonyl (C=O) groups is 2. The zero-order valence-electron chi connectivity index (χ0n) is 11.9. The first kappa shape index (κ1) is 16.2. The maximum atomic E-state index is 12.1. The monoisotopic (exact) mass is 402 g/mol. The molecule has 21 heavy (non-hydrogen) atoms. The molecule has 1 aromatic rings. The number of aryl methyl sites for hydroxylation is 1. The summed E-state index contributed by atoms with van der Waals surface area (Å²) in [5.74, 6) is -0.911. The van der Waals surface area contributed by atoms with Gasteiger partial charge in [-0.25, -0.2) is 0 Å². The van der Waals surface area contributed by atoms with Gasteiger partial charge in [-0.3, -0.25) is 14.5 Å². The van der Waals surface area contributed by atoms with Gasteiger partial charge in [-0.05, 0) is 66.1 Å². The zero-order chi connectivity index (χ0) is 15.4. The molecule has 0 aromatic heterocycles. The number of aliphatic carboxylic acids is 1. The van der Waals surface area contributed by atoms with Gasteiger partial charge >= 0.3 is 5.97 Å². The van der Waals surface area contributed by atoms with Gasteiger partial charge in [-0.15, -0.1) is 0 Å². The lowest BCUT2D eigenvalue weighted by molar-refractivity contribution is -0.137. The number of carbonyl (C=O) groups excluding carboxylic acids is 1. The number of benzene rings is 1. The van der Waals surface area contributed by atoms with Crippen LogP contribution in [-0.4, -0.2) is 41.0 Å². The average Bonchev–Trinajstić information content (AvgIpc) is 3.22. The number of amides is 1. The van der Waals surface area contributed by atoms with Crippen LogP contribution in [0.15, 0.2) is 18.2 Å². The van der Waals surface area contributed by atoms with E-state index in [-0.39, 0.29) is 18.9 Å². The van der Waals surface area contributed by atoms with Crippen LogP contribution in [0.3, 0.4) is 0 Å². The molecule has 0 aliphatic heterocycles. The summed E-state index contributed by atoms with van der Waals surface area (Å²) in [6.45, 7) is 2.64. The molecular formula is C15H19IN2O3. The Morgan fingerprint density at radius 2 is 2.14 bits per heavy atom. The third kappa shape index (κ3) is 5.28. The highest BCUT2D eigenvalue weighted by molar-refractivity contribution is 14.1. The Kier molecular flexibility index (Phi) is 5.58. The first-order valence-electron chi connectivity index (χ1n) is 6.97. The van der Waals surface area contributed by atoms with Gasteiger partial charge < -0.3 is 10.4 Å². The second kappa shape index (κ2) is 7.22. The van der Waals surface area contributed by atoms with E-state index in [1.807, 2.05) is 30.0 Å². The van der Waals surface area contributed by atoms with Gasteiger partial charge in [0.25, 0.3) is 0 Å². The Morgan fingerprint density at radius 1 is 1.43 bits per heavy atom. The molecule has 5 nitrogen and oxygen atoms in total. The molecule has 6 heteroatoms. The Hall–Kier alpha value is -1.15. The van der Waals surface area contributed by atoms with E-state index in [1.54, 1.807) is 0 Å². The molecule has 1 saturated carbocycles. The van der Waals surface area contributed by atoms with E-state index in [0.717, 1.165) is 27.7 Å². The van der Waals surface area contributed by atoms with Crippen molar-refractivity contribution in [1.82, 2.24) is 4.90 Å². The van der Waals surface area contributed by atoms with Crippen molar-refractivity contribution in [3.63, 3.8) is 0 Å². The molecule has 0 saturated heterocycles. The molecular weight excluding hydrogens is 383 g/mol. The number of nitrogens with one attached hydrogen (secondary N) is 1. The molecule has 114 valence electrons. The van der Waals surface area contributed by atoms with E-state index in [1.165, 1.54) is 0 Å². The molecule has 1 amide bonds. The summed E-state index contributed by atoms with van der Waals surface area (Å²) in [7, 11) is 0. The summed E-state index contributed by atoms with van der Waals surface area (Å²) in [4.78, 5) is 24.8. The van der Waals surface area contributed by atoms with Crippen molar-refractivity contribution in [1.29, 1.82) is 0 Å². The van der Waals surface area contributed by atoms with Gasteiger partial charge in [0.15, 0.2) is 0 Å². The fraction of sp³-hybridized carbons (Fsp3) is 0.467. The van der Waals surface area contributed by atoms with E-state index < -0.39 is 5.97 Å². The predicted octanol–water partition coefficient (Wildman–Crippen LogP) is 2.48. The van der Waals surface area contributed by atoms with E-state index in [2.05, 4.69) is 27.9 Å². The molecule has 0 radical (unpaired) electrons. The molecule has 1 fully saturated rings. The van der Waals surface area contributed by atoms with E-state index in [9.17, 15) is 9.59 Å². The Morgan fingerprint density at radius 3 is 2.71 bits per heavy atom. The van der Waals surface area contributed by atoms with Crippen LogP contribution in [0.2, 0.25) is 0 Å². The van der Waals surface area contributed by atoms with Gasteiger partial charge in [0.05, 0.1) is 13.0 Å². The van der Waals surface area contributed by atoms with Gasteiger partial charge in [0.2, 0.25) is 5.91 Å². The van der Waals surface area contributed by atoms with E-state index >= 15 is 0 Å². The summed E-state index contributed by atoms with van der Waals surface area (Å²) in [5, 5.41) is 11.7. The van der Waals surface area contributed by atoms with E-state index in [0.29, 0.717) is 12.6 Å². The number of hydrogen-bond donors (Lipinski definition) is 2. The quantitative estimate of drug-likeness (QED) is 0.688. The lowest BCUT2D eigenvalue weighted by Crippen LogP contribution is -2.36. The molecule has 0 spiro atoms. The predicted molar refractivity (Wildman–Crippen MR) is 89.4 cm³/mol. The van der Waals surface area contributed by atoms with Crippen molar-refractivity contribution in [3.05, 3.63) is 27.3 Å². The molecule has 0 atom stereocenters. The van der Waals surface area contributed by atoms with Gasteiger partial charge in [-0.2, -0.15) is 0 Å². The minimum atomic E-state index is -0.825. The third-order valence-corrected chi connectivity index (χ3v) is 4.16. The number of nitrogens with zero attached hydrogens (tertiary/aromatic N) is 1. The van der Waals surface area contributed by atoms with Crippen LogP contribution >= 0.6 is 22.6 Å². The standard InChI is InChI=1S/C15H19IN2O3/c1-10-8-11(16)2-5-13(10)17-14(19)9-18(12-3-4-12)7-6-15(20)21/h2,5,8,12H,3-4,6-7,9H2,1H3,(H,17,19)(H,20,21).